The Kier molecular flexibility index (Phi) is 5.32. The standard InChI is InChI=1S/C15H25N3O2S/c1-11(10-18-13(3)8-12(2)17-18)9-16-14(19)15(20)4-6-21-7-5-15/h8,11,20H,4-7,9-10H2,1-3H3,(H,16,19)/t11-/m0/s1. The fourth-order valence-corrected chi connectivity index (χ4v) is 3.76. The number of rotatable bonds is 5. The van der Waals surface area contributed by atoms with E-state index in [9.17, 15) is 9.90 Å². The lowest BCUT2D eigenvalue weighted by Gasteiger charge is -2.30. The molecule has 0 aliphatic carbocycles. The summed E-state index contributed by atoms with van der Waals surface area (Å²) < 4.78 is 1.97. The number of aromatic nitrogens is 2. The first-order chi connectivity index (χ1) is 9.90. The van der Waals surface area contributed by atoms with Crippen molar-refractivity contribution >= 4 is 17.7 Å². The quantitative estimate of drug-likeness (QED) is 0.865. The molecule has 2 heterocycles. The summed E-state index contributed by atoms with van der Waals surface area (Å²) in [4.78, 5) is 12.2. The van der Waals surface area contributed by atoms with Gasteiger partial charge in [0.2, 0.25) is 0 Å². The molecule has 118 valence electrons. The maximum atomic E-state index is 12.2. The molecule has 1 aromatic heterocycles. The average molecular weight is 311 g/mol. The Bertz CT molecular complexity index is 495. The van der Waals surface area contributed by atoms with Gasteiger partial charge in [0, 0.05) is 18.8 Å². The summed E-state index contributed by atoms with van der Waals surface area (Å²) in [6.07, 6.45) is 1.10. The van der Waals surface area contributed by atoms with Gasteiger partial charge in [0.25, 0.3) is 5.91 Å². The van der Waals surface area contributed by atoms with Gasteiger partial charge in [0.05, 0.1) is 5.69 Å². The third kappa shape index (κ3) is 4.23. The van der Waals surface area contributed by atoms with Crippen LogP contribution >= 0.6 is 11.8 Å². The summed E-state index contributed by atoms with van der Waals surface area (Å²) in [5, 5.41) is 17.7. The summed E-state index contributed by atoms with van der Waals surface area (Å²) in [6, 6.07) is 2.05. The third-order valence-corrected chi connectivity index (χ3v) is 4.93. The zero-order chi connectivity index (χ0) is 15.5. The minimum atomic E-state index is -1.16. The molecule has 5 nitrogen and oxygen atoms in total. The van der Waals surface area contributed by atoms with Crippen molar-refractivity contribution in [2.75, 3.05) is 18.1 Å². The molecule has 2 rings (SSSR count). The van der Waals surface area contributed by atoms with Crippen LogP contribution in [0.2, 0.25) is 0 Å². The van der Waals surface area contributed by atoms with Crippen LogP contribution in [-0.4, -0.2) is 44.4 Å². The molecule has 6 heteroatoms. The van der Waals surface area contributed by atoms with Crippen LogP contribution < -0.4 is 5.32 Å². The van der Waals surface area contributed by atoms with Crippen molar-refractivity contribution in [1.82, 2.24) is 15.1 Å². The predicted octanol–water partition coefficient (Wildman–Crippen LogP) is 1.51. The number of hydrogen-bond donors (Lipinski definition) is 2. The second-order valence-corrected chi connectivity index (χ2v) is 7.29. The fraction of sp³-hybridized carbons (Fsp3) is 0.733. The maximum absolute atomic E-state index is 12.2. The minimum absolute atomic E-state index is 0.219. The number of nitrogens with zero attached hydrogens (tertiary/aromatic N) is 2. The number of carbonyl (C=O) groups excluding carboxylic acids is 1. The van der Waals surface area contributed by atoms with Gasteiger partial charge in [0.15, 0.2) is 0 Å². The normalized spacial score (nSPS) is 19.2. The van der Waals surface area contributed by atoms with Gasteiger partial charge in [-0.3, -0.25) is 9.48 Å². The SMILES string of the molecule is Cc1cc(C)n(C[C@@H](C)CNC(=O)C2(O)CCSCC2)n1. The first-order valence-corrected chi connectivity index (χ1v) is 8.66. The van der Waals surface area contributed by atoms with Crippen LogP contribution in [0, 0.1) is 19.8 Å². The smallest absolute Gasteiger partial charge is 0.252 e. The zero-order valence-corrected chi connectivity index (χ0v) is 13.9. The van der Waals surface area contributed by atoms with E-state index in [0.717, 1.165) is 29.4 Å². The van der Waals surface area contributed by atoms with E-state index in [1.165, 1.54) is 0 Å². The van der Waals surface area contributed by atoms with Gasteiger partial charge in [-0.15, -0.1) is 0 Å². The Morgan fingerprint density at radius 2 is 2.19 bits per heavy atom. The molecule has 0 bridgehead atoms. The molecule has 1 aromatic rings. The third-order valence-electron chi connectivity index (χ3n) is 3.94. The van der Waals surface area contributed by atoms with Crippen molar-refractivity contribution in [3.63, 3.8) is 0 Å². The molecule has 1 atom stereocenters. The first-order valence-electron chi connectivity index (χ1n) is 7.50. The lowest BCUT2D eigenvalue weighted by molar-refractivity contribution is -0.140. The van der Waals surface area contributed by atoms with Crippen molar-refractivity contribution < 1.29 is 9.90 Å². The van der Waals surface area contributed by atoms with Crippen molar-refractivity contribution in [2.45, 2.75) is 45.8 Å². The highest BCUT2D eigenvalue weighted by molar-refractivity contribution is 7.99. The summed E-state index contributed by atoms with van der Waals surface area (Å²) in [5.41, 5.74) is 0.981. The van der Waals surface area contributed by atoms with E-state index in [1.54, 1.807) is 11.8 Å². The van der Waals surface area contributed by atoms with Crippen LogP contribution in [0.3, 0.4) is 0 Å². The molecule has 0 saturated carbocycles. The highest BCUT2D eigenvalue weighted by Gasteiger charge is 2.37. The van der Waals surface area contributed by atoms with Gasteiger partial charge >= 0.3 is 0 Å². The molecule has 1 aliphatic rings. The summed E-state index contributed by atoms with van der Waals surface area (Å²) >= 11 is 1.79. The molecule has 0 radical (unpaired) electrons. The maximum Gasteiger partial charge on any atom is 0.252 e. The Hall–Kier alpha value is -1.01. The van der Waals surface area contributed by atoms with Gasteiger partial charge in [-0.1, -0.05) is 6.92 Å². The van der Waals surface area contributed by atoms with E-state index < -0.39 is 5.60 Å². The summed E-state index contributed by atoms with van der Waals surface area (Å²) in [7, 11) is 0. The van der Waals surface area contributed by atoms with Crippen molar-refractivity contribution in [3.05, 3.63) is 17.5 Å². The molecule has 0 spiro atoms. The lowest BCUT2D eigenvalue weighted by Crippen LogP contribution is -2.50. The number of nitrogens with one attached hydrogen (secondary N) is 1. The highest BCUT2D eigenvalue weighted by atomic mass is 32.2. The minimum Gasteiger partial charge on any atom is -0.380 e. The fourth-order valence-electron chi connectivity index (χ4n) is 2.59. The molecular formula is C15H25N3O2S. The van der Waals surface area contributed by atoms with Crippen LogP contribution in [0.15, 0.2) is 6.07 Å². The lowest BCUT2D eigenvalue weighted by atomic mass is 9.95. The van der Waals surface area contributed by atoms with E-state index in [0.29, 0.717) is 19.4 Å². The van der Waals surface area contributed by atoms with Crippen molar-refractivity contribution in [1.29, 1.82) is 0 Å². The van der Waals surface area contributed by atoms with Gasteiger partial charge in [-0.25, -0.2) is 0 Å². The molecule has 1 amide bonds. The Labute approximate surface area is 130 Å². The molecule has 2 N–H and O–H groups in total. The Morgan fingerprint density at radius 1 is 1.52 bits per heavy atom. The summed E-state index contributed by atoms with van der Waals surface area (Å²) in [6.45, 7) is 7.43. The Balaban J connectivity index is 1.82. The highest BCUT2D eigenvalue weighted by Crippen LogP contribution is 2.27. The Morgan fingerprint density at radius 3 is 2.76 bits per heavy atom. The molecule has 1 aliphatic heterocycles. The number of thioether (sulfide) groups is 1. The molecule has 0 aromatic carbocycles. The van der Waals surface area contributed by atoms with Gasteiger partial charge in [0.1, 0.15) is 5.60 Å². The number of amides is 1. The van der Waals surface area contributed by atoms with Gasteiger partial charge < -0.3 is 10.4 Å². The van der Waals surface area contributed by atoms with Crippen LogP contribution in [0.25, 0.3) is 0 Å². The molecule has 0 unspecified atom stereocenters. The van der Waals surface area contributed by atoms with E-state index in [-0.39, 0.29) is 11.8 Å². The van der Waals surface area contributed by atoms with Gasteiger partial charge in [-0.2, -0.15) is 16.9 Å². The van der Waals surface area contributed by atoms with Crippen molar-refractivity contribution in [2.24, 2.45) is 5.92 Å². The largest absolute Gasteiger partial charge is 0.380 e. The van der Waals surface area contributed by atoms with Crippen LogP contribution in [0.5, 0.6) is 0 Å². The topological polar surface area (TPSA) is 67.2 Å². The van der Waals surface area contributed by atoms with Crippen molar-refractivity contribution in [3.8, 4) is 0 Å². The second-order valence-electron chi connectivity index (χ2n) is 6.07. The molecule has 1 saturated heterocycles. The predicted molar refractivity (Wildman–Crippen MR) is 85.4 cm³/mol. The molecule has 21 heavy (non-hydrogen) atoms. The number of hydrogen-bond acceptors (Lipinski definition) is 4. The number of carbonyl (C=O) groups is 1. The first kappa shape index (κ1) is 16.4. The van der Waals surface area contributed by atoms with Crippen LogP contribution in [0.4, 0.5) is 0 Å². The number of aliphatic hydroxyl groups is 1. The monoisotopic (exact) mass is 311 g/mol. The van der Waals surface area contributed by atoms with E-state index in [4.69, 9.17) is 0 Å². The van der Waals surface area contributed by atoms with E-state index in [2.05, 4.69) is 17.3 Å². The number of aryl methyl sites for hydroxylation is 2. The molecule has 1 fully saturated rings. The van der Waals surface area contributed by atoms with E-state index >= 15 is 0 Å². The average Bonchev–Trinajstić information content (AvgIpc) is 2.75. The summed E-state index contributed by atoms with van der Waals surface area (Å²) in [5.74, 6) is 1.76. The molecular weight excluding hydrogens is 286 g/mol. The van der Waals surface area contributed by atoms with E-state index in [1.807, 2.05) is 24.6 Å². The van der Waals surface area contributed by atoms with Crippen LogP contribution in [-0.2, 0) is 11.3 Å². The second kappa shape index (κ2) is 6.83. The zero-order valence-electron chi connectivity index (χ0n) is 13.1. The van der Waals surface area contributed by atoms with Crippen LogP contribution in [0.1, 0.15) is 31.2 Å². The van der Waals surface area contributed by atoms with Gasteiger partial charge in [-0.05, 0) is 50.2 Å².